The second kappa shape index (κ2) is 7.47. The van der Waals surface area contributed by atoms with Crippen molar-refractivity contribution in [1.29, 1.82) is 0 Å². The fraction of sp³-hybridized carbons (Fsp3) is 0.929. The standard InChI is InChI=1S/C14H25N3O2.2ClH/c1-10-8-11(9-17(10)12-2-3-12)16-13(18)14(15)4-6-19-7-5-14;;/h10-12H,2-9,15H2,1H3,(H,16,18);2*1H. The molecule has 1 amide bonds. The summed E-state index contributed by atoms with van der Waals surface area (Å²) in [5, 5.41) is 3.17. The van der Waals surface area contributed by atoms with Crippen LogP contribution in [-0.2, 0) is 9.53 Å². The van der Waals surface area contributed by atoms with Crippen molar-refractivity contribution in [2.75, 3.05) is 19.8 Å². The Labute approximate surface area is 139 Å². The van der Waals surface area contributed by atoms with Gasteiger partial charge in [-0.25, -0.2) is 0 Å². The summed E-state index contributed by atoms with van der Waals surface area (Å²) in [5.41, 5.74) is 5.50. The van der Waals surface area contributed by atoms with Gasteiger partial charge < -0.3 is 15.8 Å². The Morgan fingerprint density at radius 1 is 1.29 bits per heavy atom. The Morgan fingerprint density at radius 3 is 2.48 bits per heavy atom. The molecule has 21 heavy (non-hydrogen) atoms. The van der Waals surface area contributed by atoms with Crippen LogP contribution >= 0.6 is 24.8 Å². The Balaban J connectivity index is 0.00000110. The summed E-state index contributed by atoms with van der Waals surface area (Å²) in [7, 11) is 0. The van der Waals surface area contributed by atoms with Gasteiger partial charge in [0.05, 0.1) is 5.54 Å². The van der Waals surface area contributed by atoms with E-state index < -0.39 is 5.54 Å². The fourth-order valence-corrected chi connectivity index (χ4v) is 3.37. The van der Waals surface area contributed by atoms with E-state index in [2.05, 4.69) is 17.1 Å². The predicted molar refractivity (Wildman–Crippen MR) is 87.2 cm³/mol. The number of nitrogens with zero attached hydrogens (tertiary/aromatic N) is 1. The van der Waals surface area contributed by atoms with E-state index >= 15 is 0 Å². The van der Waals surface area contributed by atoms with Gasteiger partial charge in [0.2, 0.25) is 5.91 Å². The van der Waals surface area contributed by atoms with Crippen molar-refractivity contribution in [1.82, 2.24) is 10.2 Å². The third kappa shape index (κ3) is 4.23. The molecule has 2 aliphatic heterocycles. The number of carbonyl (C=O) groups excluding carboxylic acids is 1. The molecule has 3 fully saturated rings. The zero-order chi connectivity index (χ0) is 13.5. The molecule has 2 unspecified atom stereocenters. The predicted octanol–water partition coefficient (Wildman–Crippen LogP) is 1.08. The van der Waals surface area contributed by atoms with Crippen LogP contribution < -0.4 is 11.1 Å². The number of carbonyl (C=O) groups is 1. The van der Waals surface area contributed by atoms with Crippen molar-refractivity contribution in [3.8, 4) is 0 Å². The number of hydrogen-bond acceptors (Lipinski definition) is 4. The molecule has 0 aromatic rings. The molecule has 1 aliphatic carbocycles. The van der Waals surface area contributed by atoms with Gasteiger partial charge in [-0.3, -0.25) is 9.69 Å². The van der Waals surface area contributed by atoms with Crippen molar-refractivity contribution in [2.24, 2.45) is 5.73 Å². The number of rotatable bonds is 3. The van der Waals surface area contributed by atoms with Crippen LogP contribution in [0.3, 0.4) is 0 Å². The Bertz CT molecular complexity index is 360. The average molecular weight is 340 g/mol. The summed E-state index contributed by atoms with van der Waals surface area (Å²) in [4.78, 5) is 14.9. The Kier molecular flexibility index (Phi) is 6.75. The Hall–Kier alpha value is -0.0700. The van der Waals surface area contributed by atoms with Crippen LogP contribution in [0, 0.1) is 0 Å². The van der Waals surface area contributed by atoms with Crippen molar-refractivity contribution >= 4 is 30.7 Å². The molecule has 2 atom stereocenters. The van der Waals surface area contributed by atoms with E-state index in [0.717, 1.165) is 19.0 Å². The van der Waals surface area contributed by atoms with Gasteiger partial charge in [-0.05, 0) is 39.0 Å². The highest BCUT2D eigenvalue weighted by Crippen LogP contribution is 2.33. The largest absolute Gasteiger partial charge is 0.381 e. The lowest BCUT2D eigenvalue weighted by atomic mass is 9.90. The van der Waals surface area contributed by atoms with Crippen molar-refractivity contribution < 1.29 is 9.53 Å². The maximum absolute atomic E-state index is 12.4. The van der Waals surface area contributed by atoms with E-state index in [1.807, 2.05) is 0 Å². The summed E-state index contributed by atoms with van der Waals surface area (Å²) in [6.07, 6.45) is 4.96. The molecule has 5 nitrogen and oxygen atoms in total. The van der Waals surface area contributed by atoms with Gasteiger partial charge in [-0.2, -0.15) is 0 Å². The van der Waals surface area contributed by atoms with Crippen LogP contribution in [0.25, 0.3) is 0 Å². The van der Waals surface area contributed by atoms with E-state index in [9.17, 15) is 4.79 Å². The summed E-state index contributed by atoms with van der Waals surface area (Å²) in [5.74, 6) is 0.0191. The third-order valence-corrected chi connectivity index (χ3v) is 4.81. The SMILES string of the molecule is CC1CC(NC(=O)C2(N)CCOCC2)CN1C1CC1.Cl.Cl. The molecule has 2 heterocycles. The molecule has 0 bridgehead atoms. The van der Waals surface area contributed by atoms with E-state index in [1.165, 1.54) is 12.8 Å². The zero-order valence-corrected chi connectivity index (χ0v) is 14.2. The van der Waals surface area contributed by atoms with Crippen molar-refractivity contribution in [3.63, 3.8) is 0 Å². The summed E-state index contributed by atoms with van der Waals surface area (Å²) >= 11 is 0. The quantitative estimate of drug-likeness (QED) is 0.807. The highest BCUT2D eigenvalue weighted by atomic mass is 35.5. The number of nitrogens with one attached hydrogen (secondary N) is 1. The first-order valence-electron chi connectivity index (χ1n) is 7.52. The maximum Gasteiger partial charge on any atom is 0.240 e. The number of ether oxygens (including phenoxy) is 1. The van der Waals surface area contributed by atoms with Gasteiger partial charge in [0.25, 0.3) is 0 Å². The fourth-order valence-electron chi connectivity index (χ4n) is 3.37. The lowest BCUT2D eigenvalue weighted by Gasteiger charge is -2.32. The highest BCUT2D eigenvalue weighted by molar-refractivity contribution is 5.86. The van der Waals surface area contributed by atoms with Crippen LogP contribution in [0.1, 0.15) is 39.0 Å². The summed E-state index contributed by atoms with van der Waals surface area (Å²) in [6, 6.07) is 1.62. The molecular weight excluding hydrogens is 313 g/mol. The first kappa shape index (κ1) is 19.0. The van der Waals surface area contributed by atoms with Crippen molar-refractivity contribution in [2.45, 2.75) is 62.7 Å². The maximum atomic E-state index is 12.4. The van der Waals surface area contributed by atoms with Crippen LogP contribution in [0.2, 0.25) is 0 Å². The average Bonchev–Trinajstić information content (AvgIpc) is 3.15. The molecule has 2 saturated heterocycles. The molecule has 1 saturated carbocycles. The molecule has 0 spiro atoms. The van der Waals surface area contributed by atoms with E-state index in [0.29, 0.717) is 32.1 Å². The molecule has 7 heteroatoms. The number of amides is 1. The number of likely N-dealkylation sites (tertiary alicyclic amines) is 1. The number of nitrogens with two attached hydrogens (primary N) is 1. The summed E-state index contributed by atoms with van der Waals surface area (Å²) < 4.78 is 5.29. The Morgan fingerprint density at radius 2 is 1.90 bits per heavy atom. The van der Waals surface area contributed by atoms with E-state index in [-0.39, 0.29) is 36.8 Å². The monoisotopic (exact) mass is 339 g/mol. The van der Waals surface area contributed by atoms with Crippen LogP contribution in [-0.4, -0.2) is 54.2 Å². The summed E-state index contributed by atoms with van der Waals surface area (Å²) in [6.45, 7) is 4.44. The molecule has 3 rings (SSSR count). The number of halogens is 2. The minimum absolute atomic E-state index is 0. The first-order chi connectivity index (χ1) is 9.08. The lowest BCUT2D eigenvalue weighted by Crippen LogP contribution is -2.59. The first-order valence-corrected chi connectivity index (χ1v) is 7.52. The van der Waals surface area contributed by atoms with Gasteiger partial charge in [0.1, 0.15) is 0 Å². The molecule has 0 radical (unpaired) electrons. The normalized spacial score (nSPS) is 31.9. The van der Waals surface area contributed by atoms with Crippen LogP contribution in [0.4, 0.5) is 0 Å². The number of hydrogen-bond donors (Lipinski definition) is 2. The molecule has 124 valence electrons. The minimum Gasteiger partial charge on any atom is -0.381 e. The second-order valence-corrected chi connectivity index (χ2v) is 6.45. The minimum atomic E-state index is -0.714. The third-order valence-electron chi connectivity index (χ3n) is 4.81. The zero-order valence-electron chi connectivity index (χ0n) is 12.5. The molecular formula is C14H27Cl2N3O2. The highest BCUT2D eigenvalue weighted by Gasteiger charge is 2.42. The van der Waals surface area contributed by atoms with Crippen LogP contribution in [0.15, 0.2) is 0 Å². The smallest absolute Gasteiger partial charge is 0.240 e. The molecule has 3 aliphatic rings. The van der Waals surface area contributed by atoms with Gasteiger partial charge in [0, 0.05) is 37.9 Å². The van der Waals surface area contributed by atoms with E-state index in [1.54, 1.807) is 0 Å². The van der Waals surface area contributed by atoms with E-state index in [4.69, 9.17) is 10.5 Å². The van der Waals surface area contributed by atoms with Crippen molar-refractivity contribution in [3.05, 3.63) is 0 Å². The molecule has 0 aromatic carbocycles. The molecule has 3 N–H and O–H groups in total. The van der Waals surface area contributed by atoms with Gasteiger partial charge in [0.15, 0.2) is 0 Å². The van der Waals surface area contributed by atoms with Gasteiger partial charge in [-0.1, -0.05) is 0 Å². The second-order valence-electron chi connectivity index (χ2n) is 6.45. The van der Waals surface area contributed by atoms with Crippen LogP contribution in [0.5, 0.6) is 0 Å². The van der Waals surface area contributed by atoms with Gasteiger partial charge >= 0.3 is 0 Å². The molecule has 0 aromatic heterocycles. The van der Waals surface area contributed by atoms with Gasteiger partial charge in [-0.15, -0.1) is 24.8 Å². The topological polar surface area (TPSA) is 67.6 Å². The lowest BCUT2D eigenvalue weighted by molar-refractivity contribution is -0.130.